The lowest BCUT2D eigenvalue weighted by atomic mass is 10.0. The lowest BCUT2D eigenvalue weighted by molar-refractivity contribution is 1.08. The first-order valence-corrected chi connectivity index (χ1v) is 7.48. The van der Waals surface area contributed by atoms with Crippen LogP contribution in [0.1, 0.15) is 5.56 Å². The van der Waals surface area contributed by atoms with Gasteiger partial charge in [0.05, 0.1) is 4.47 Å². The number of benzene rings is 2. The number of aromatic nitrogens is 2. The number of rotatable bonds is 4. The highest BCUT2D eigenvalue weighted by Gasteiger charge is 2.05. The Morgan fingerprint density at radius 2 is 1.90 bits per heavy atom. The number of nitrogens with one attached hydrogen (secondary N) is 2. The van der Waals surface area contributed by atoms with E-state index in [0.717, 1.165) is 10.3 Å². The van der Waals surface area contributed by atoms with Crippen LogP contribution in [-0.4, -0.2) is 17.0 Å². The van der Waals surface area contributed by atoms with E-state index < -0.39 is 0 Å². The number of hydrogen-bond acceptors (Lipinski definition) is 4. The molecule has 0 saturated carbocycles. The number of anilines is 2. The molecular formula is C16H15BrN4. The first-order chi connectivity index (χ1) is 10.3. The molecule has 3 aromatic rings. The SMILES string of the molecule is CNc1ncc(Br)c(NCc2cccc3ccccc23)n1. The van der Waals surface area contributed by atoms with Crippen LogP contribution in [0, 0.1) is 0 Å². The number of hydrogen-bond donors (Lipinski definition) is 2. The minimum Gasteiger partial charge on any atom is -0.365 e. The van der Waals surface area contributed by atoms with Gasteiger partial charge in [-0.05, 0) is 32.3 Å². The molecule has 0 atom stereocenters. The summed E-state index contributed by atoms with van der Waals surface area (Å²) in [4.78, 5) is 8.56. The second kappa shape index (κ2) is 6.10. The summed E-state index contributed by atoms with van der Waals surface area (Å²) < 4.78 is 0.849. The van der Waals surface area contributed by atoms with Crippen molar-refractivity contribution in [3.8, 4) is 0 Å². The van der Waals surface area contributed by atoms with Crippen LogP contribution >= 0.6 is 15.9 Å². The van der Waals surface area contributed by atoms with Gasteiger partial charge in [-0.3, -0.25) is 0 Å². The van der Waals surface area contributed by atoms with E-state index in [1.54, 1.807) is 13.2 Å². The van der Waals surface area contributed by atoms with E-state index in [4.69, 9.17) is 0 Å². The first kappa shape index (κ1) is 13.8. The molecule has 0 aliphatic rings. The van der Waals surface area contributed by atoms with Crippen molar-refractivity contribution in [3.05, 3.63) is 58.7 Å². The zero-order valence-corrected chi connectivity index (χ0v) is 13.2. The molecule has 0 spiro atoms. The van der Waals surface area contributed by atoms with Gasteiger partial charge in [-0.25, -0.2) is 4.98 Å². The number of nitrogens with zero attached hydrogens (tertiary/aromatic N) is 2. The van der Waals surface area contributed by atoms with E-state index in [1.165, 1.54) is 16.3 Å². The average Bonchev–Trinajstić information content (AvgIpc) is 2.54. The molecule has 5 heteroatoms. The maximum Gasteiger partial charge on any atom is 0.224 e. The fraction of sp³-hybridized carbons (Fsp3) is 0.125. The lowest BCUT2D eigenvalue weighted by Crippen LogP contribution is -2.05. The Balaban J connectivity index is 1.87. The normalized spacial score (nSPS) is 10.6. The highest BCUT2D eigenvalue weighted by atomic mass is 79.9. The molecule has 1 heterocycles. The molecule has 106 valence electrons. The largest absolute Gasteiger partial charge is 0.365 e. The Bertz CT molecular complexity index is 768. The topological polar surface area (TPSA) is 49.8 Å². The van der Waals surface area contributed by atoms with Gasteiger partial charge >= 0.3 is 0 Å². The minimum atomic E-state index is 0.596. The standard InChI is InChI=1S/C16H15BrN4/c1-18-16-20-10-14(17)15(21-16)19-9-12-7-4-6-11-5-2-3-8-13(11)12/h2-8,10H,9H2,1H3,(H2,18,19,20,21). The van der Waals surface area contributed by atoms with Crippen LogP contribution in [0.4, 0.5) is 11.8 Å². The third-order valence-electron chi connectivity index (χ3n) is 3.29. The summed E-state index contributed by atoms with van der Waals surface area (Å²) in [5.41, 5.74) is 1.24. The molecule has 1 aromatic heterocycles. The quantitative estimate of drug-likeness (QED) is 0.751. The summed E-state index contributed by atoms with van der Waals surface area (Å²) in [6.45, 7) is 0.708. The molecule has 2 aromatic carbocycles. The van der Waals surface area contributed by atoms with Crippen LogP contribution in [0.5, 0.6) is 0 Å². The summed E-state index contributed by atoms with van der Waals surface area (Å²) in [6, 6.07) is 14.7. The monoisotopic (exact) mass is 342 g/mol. The van der Waals surface area contributed by atoms with Crippen LogP contribution in [0.3, 0.4) is 0 Å². The lowest BCUT2D eigenvalue weighted by Gasteiger charge is -2.11. The van der Waals surface area contributed by atoms with Gasteiger partial charge in [0, 0.05) is 19.8 Å². The molecule has 4 nitrogen and oxygen atoms in total. The van der Waals surface area contributed by atoms with Crippen molar-refractivity contribution >= 4 is 38.5 Å². The van der Waals surface area contributed by atoms with E-state index in [9.17, 15) is 0 Å². The Hall–Kier alpha value is -2.14. The molecule has 0 amide bonds. The first-order valence-electron chi connectivity index (χ1n) is 6.69. The summed E-state index contributed by atoms with van der Waals surface area (Å²) in [6.07, 6.45) is 1.74. The van der Waals surface area contributed by atoms with Crippen molar-refractivity contribution in [1.82, 2.24) is 9.97 Å². The molecule has 0 aliphatic carbocycles. The molecule has 0 saturated heterocycles. The van der Waals surface area contributed by atoms with Crippen molar-refractivity contribution in [2.45, 2.75) is 6.54 Å². The summed E-state index contributed by atoms with van der Waals surface area (Å²) in [7, 11) is 1.80. The Morgan fingerprint density at radius 1 is 1.10 bits per heavy atom. The highest BCUT2D eigenvalue weighted by Crippen LogP contribution is 2.23. The molecule has 0 fully saturated rings. The van der Waals surface area contributed by atoms with Gasteiger partial charge in [-0.1, -0.05) is 42.5 Å². The molecule has 0 radical (unpaired) electrons. The van der Waals surface area contributed by atoms with E-state index in [0.29, 0.717) is 12.5 Å². The Kier molecular flexibility index (Phi) is 4.01. The molecule has 0 unspecified atom stereocenters. The Labute approximate surface area is 131 Å². The van der Waals surface area contributed by atoms with Crippen molar-refractivity contribution in [1.29, 1.82) is 0 Å². The van der Waals surface area contributed by atoms with Gasteiger partial charge in [0.1, 0.15) is 5.82 Å². The molecule has 3 rings (SSSR count). The maximum absolute atomic E-state index is 4.41. The predicted molar refractivity (Wildman–Crippen MR) is 90.6 cm³/mol. The van der Waals surface area contributed by atoms with Crippen LogP contribution in [0.15, 0.2) is 53.1 Å². The van der Waals surface area contributed by atoms with Gasteiger partial charge in [-0.15, -0.1) is 0 Å². The maximum atomic E-state index is 4.41. The van der Waals surface area contributed by atoms with E-state index in [-0.39, 0.29) is 0 Å². The molecule has 21 heavy (non-hydrogen) atoms. The van der Waals surface area contributed by atoms with Crippen molar-refractivity contribution in [2.75, 3.05) is 17.7 Å². The third kappa shape index (κ3) is 2.97. The van der Waals surface area contributed by atoms with E-state index in [1.807, 2.05) is 0 Å². The minimum absolute atomic E-state index is 0.596. The van der Waals surface area contributed by atoms with Crippen LogP contribution in [-0.2, 0) is 6.54 Å². The second-order valence-corrected chi connectivity index (χ2v) is 5.49. The van der Waals surface area contributed by atoms with Crippen LogP contribution in [0.2, 0.25) is 0 Å². The summed E-state index contributed by atoms with van der Waals surface area (Å²) in [5.74, 6) is 1.38. The summed E-state index contributed by atoms with van der Waals surface area (Å²) in [5, 5.41) is 8.80. The fourth-order valence-corrected chi connectivity index (χ4v) is 2.57. The van der Waals surface area contributed by atoms with Crippen molar-refractivity contribution in [3.63, 3.8) is 0 Å². The molecule has 0 aliphatic heterocycles. The zero-order chi connectivity index (χ0) is 14.7. The molecule has 2 N–H and O–H groups in total. The van der Waals surface area contributed by atoms with Crippen molar-refractivity contribution < 1.29 is 0 Å². The fourth-order valence-electron chi connectivity index (χ4n) is 2.24. The average molecular weight is 343 g/mol. The van der Waals surface area contributed by atoms with Crippen molar-refractivity contribution in [2.24, 2.45) is 0 Å². The zero-order valence-electron chi connectivity index (χ0n) is 11.6. The van der Waals surface area contributed by atoms with Gasteiger partial charge in [0.15, 0.2) is 0 Å². The number of halogens is 1. The van der Waals surface area contributed by atoms with E-state index in [2.05, 4.69) is 79.0 Å². The van der Waals surface area contributed by atoms with Gasteiger partial charge < -0.3 is 10.6 Å². The van der Waals surface area contributed by atoms with Gasteiger partial charge in [-0.2, -0.15) is 4.98 Å². The molecular weight excluding hydrogens is 328 g/mol. The third-order valence-corrected chi connectivity index (χ3v) is 3.87. The van der Waals surface area contributed by atoms with Crippen LogP contribution in [0.25, 0.3) is 10.8 Å². The van der Waals surface area contributed by atoms with Gasteiger partial charge in [0.2, 0.25) is 5.95 Å². The highest BCUT2D eigenvalue weighted by molar-refractivity contribution is 9.10. The summed E-state index contributed by atoms with van der Waals surface area (Å²) >= 11 is 3.47. The molecule has 0 bridgehead atoms. The van der Waals surface area contributed by atoms with E-state index >= 15 is 0 Å². The van der Waals surface area contributed by atoms with Crippen LogP contribution < -0.4 is 10.6 Å². The Morgan fingerprint density at radius 3 is 2.76 bits per heavy atom. The smallest absolute Gasteiger partial charge is 0.224 e. The predicted octanol–water partition coefficient (Wildman–Crippen LogP) is 4.05. The second-order valence-electron chi connectivity index (χ2n) is 4.63. The van der Waals surface area contributed by atoms with Gasteiger partial charge in [0.25, 0.3) is 0 Å². The number of fused-ring (bicyclic) bond motifs is 1.